The summed E-state index contributed by atoms with van der Waals surface area (Å²) in [7, 11) is 0. The van der Waals surface area contributed by atoms with Crippen molar-refractivity contribution >= 4 is 17.7 Å². The third-order valence-corrected chi connectivity index (χ3v) is 5.29. The molecule has 0 aliphatic carbocycles. The lowest BCUT2D eigenvalue weighted by Gasteiger charge is -2.11. The molecule has 2 aromatic rings. The molecular formula is C19H25N3O2S. The number of amides is 1. The Morgan fingerprint density at radius 3 is 2.88 bits per heavy atom. The van der Waals surface area contributed by atoms with Gasteiger partial charge in [-0.1, -0.05) is 37.7 Å². The summed E-state index contributed by atoms with van der Waals surface area (Å²) in [5.41, 5.74) is 2.37. The van der Waals surface area contributed by atoms with Gasteiger partial charge in [-0.05, 0) is 36.5 Å². The normalized spacial score (nSPS) is 17.2. The number of imidazole rings is 1. The van der Waals surface area contributed by atoms with Crippen molar-refractivity contribution in [2.75, 3.05) is 18.9 Å². The predicted octanol–water partition coefficient (Wildman–Crippen LogP) is 3.38. The van der Waals surface area contributed by atoms with Crippen LogP contribution >= 0.6 is 11.8 Å². The van der Waals surface area contributed by atoms with E-state index in [9.17, 15) is 4.79 Å². The van der Waals surface area contributed by atoms with E-state index in [1.807, 2.05) is 10.8 Å². The largest absolute Gasteiger partial charge is 0.376 e. The molecule has 1 atom stereocenters. The van der Waals surface area contributed by atoms with Gasteiger partial charge in [-0.15, -0.1) is 0 Å². The number of aromatic nitrogens is 2. The van der Waals surface area contributed by atoms with Crippen LogP contribution in [0.4, 0.5) is 0 Å². The number of carbonyl (C=O) groups is 1. The van der Waals surface area contributed by atoms with E-state index in [2.05, 4.69) is 48.4 Å². The molecule has 1 aromatic heterocycles. The quantitative estimate of drug-likeness (QED) is 0.770. The summed E-state index contributed by atoms with van der Waals surface area (Å²) in [6, 6.07) is 8.47. The van der Waals surface area contributed by atoms with E-state index < -0.39 is 0 Å². The molecule has 2 heterocycles. The number of nitrogens with one attached hydrogen (secondary N) is 1. The molecule has 0 bridgehead atoms. The van der Waals surface area contributed by atoms with Crippen molar-refractivity contribution in [3.8, 4) is 5.69 Å². The van der Waals surface area contributed by atoms with E-state index in [0.717, 1.165) is 30.3 Å². The lowest BCUT2D eigenvalue weighted by molar-refractivity contribution is -0.119. The van der Waals surface area contributed by atoms with Gasteiger partial charge in [0.05, 0.1) is 11.9 Å². The van der Waals surface area contributed by atoms with E-state index in [0.29, 0.717) is 18.2 Å². The minimum Gasteiger partial charge on any atom is -0.376 e. The summed E-state index contributed by atoms with van der Waals surface area (Å²) in [6.07, 6.45) is 5.99. The summed E-state index contributed by atoms with van der Waals surface area (Å²) in [5.74, 6) is 0.886. The highest BCUT2D eigenvalue weighted by molar-refractivity contribution is 7.99. The van der Waals surface area contributed by atoms with Crippen molar-refractivity contribution in [2.45, 2.75) is 43.9 Å². The van der Waals surface area contributed by atoms with Gasteiger partial charge >= 0.3 is 0 Å². The van der Waals surface area contributed by atoms with E-state index in [1.165, 1.54) is 17.3 Å². The first-order chi connectivity index (χ1) is 12.1. The molecule has 1 N–H and O–H groups in total. The fourth-order valence-corrected chi connectivity index (χ4v) is 3.63. The first-order valence-electron chi connectivity index (χ1n) is 8.78. The highest BCUT2D eigenvalue weighted by Gasteiger charge is 2.16. The van der Waals surface area contributed by atoms with Crippen LogP contribution in [0.3, 0.4) is 0 Å². The van der Waals surface area contributed by atoms with Gasteiger partial charge in [-0.3, -0.25) is 9.36 Å². The number of nitrogens with zero attached hydrogens (tertiary/aromatic N) is 2. The molecule has 5 nitrogen and oxygen atoms in total. The summed E-state index contributed by atoms with van der Waals surface area (Å²) in [6.45, 7) is 5.78. The summed E-state index contributed by atoms with van der Waals surface area (Å²) < 4.78 is 7.54. The third-order valence-electron chi connectivity index (χ3n) is 4.33. The first kappa shape index (κ1) is 18.0. The van der Waals surface area contributed by atoms with Gasteiger partial charge in [-0.25, -0.2) is 4.98 Å². The fourth-order valence-electron chi connectivity index (χ4n) is 2.83. The van der Waals surface area contributed by atoms with Crippen molar-refractivity contribution in [3.63, 3.8) is 0 Å². The summed E-state index contributed by atoms with van der Waals surface area (Å²) in [4.78, 5) is 16.4. The van der Waals surface area contributed by atoms with Crippen LogP contribution in [0.5, 0.6) is 0 Å². The molecule has 1 aromatic carbocycles. The van der Waals surface area contributed by atoms with E-state index in [1.54, 1.807) is 6.20 Å². The lowest BCUT2D eigenvalue weighted by Crippen LogP contribution is -2.32. The second-order valence-corrected chi connectivity index (χ2v) is 7.50. The molecule has 25 heavy (non-hydrogen) atoms. The smallest absolute Gasteiger partial charge is 0.230 e. The second kappa shape index (κ2) is 8.54. The summed E-state index contributed by atoms with van der Waals surface area (Å²) >= 11 is 1.45. The maximum absolute atomic E-state index is 12.0. The highest BCUT2D eigenvalue weighted by atomic mass is 32.2. The van der Waals surface area contributed by atoms with Gasteiger partial charge in [0.2, 0.25) is 5.91 Å². The van der Waals surface area contributed by atoms with Crippen molar-refractivity contribution in [2.24, 2.45) is 0 Å². The van der Waals surface area contributed by atoms with Crippen LogP contribution in [0, 0.1) is 0 Å². The predicted molar refractivity (Wildman–Crippen MR) is 100 cm³/mol. The Labute approximate surface area is 153 Å². The van der Waals surface area contributed by atoms with Crippen LogP contribution in [0.25, 0.3) is 5.69 Å². The molecule has 3 rings (SSSR count). The zero-order valence-corrected chi connectivity index (χ0v) is 15.6. The topological polar surface area (TPSA) is 56.2 Å². The number of hydrogen-bond donors (Lipinski definition) is 1. The molecule has 1 aliphatic heterocycles. The van der Waals surface area contributed by atoms with Gasteiger partial charge < -0.3 is 10.1 Å². The second-order valence-electron chi connectivity index (χ2n) is 6.55. The monoisotopic (exact) mass is 359 g/mol. The summed E-state index contributed by atoms with van der Waals surface area (Å²) in [5, 5.41) is 3.77. The molecule has 0 saturated carbocycles. The zero-order chi connectivity index (χ0) is 17.6. The molecule has 0 spiro atoms. The first-order valence-corrected chi connectivity index (χ1v) is 9.77. The average molecular weight is 359 g/mol. The molecule has 1 fully saturated rings. The molecule has 1 aliphatic rings. The van der Waals surface area contributed by atoms with Crippen LogP contribution in [-0.2, 0) is 9.53 Å². The van der Waals surface area contributed by atoms with Gasteiger partial charge in [0.15, 0.2) is 5.16 Å². The van der Waals surface area contributed by atoms with Gasteiger partial charge in [-0.2, -0.15) is 0 Å². The van der Waals surface area contributed by atoms with Crippen LogP contribution in [0.1, 0.15) is 38.2 Å². The van der Waals surface area contributed by atoms with Crippen LogP contribution in [-0.4, -0.2) is 40.5 Å². The molecule has 0 unspecified atom stereocenters. The molecule has 1 saturated heterocycles. The van der Waals surface area contributed by atoms with Crippen molar-refractivity contribution in [1.82, 2.24) is 14.9 Å². The Kier molecular flexibility index (Phi) is 6.15. The zero-order valence-electron chi connectivity index (χ0n) is 14.8. The minimum atomic E-state index is 0.0187. The average Bonchev–Trinajstić information content (AvgIpc) is 3.29. The fraction of sp³-hybridized carbons (Fsp3) is 0.474. The number of rotatable bonds is 7. The number of thioether (sulfide) groups is 1. The van der Waals surface area contributed by atoms with E-state index >= 15 is 0 Å². The number of ether oxygens (including phenoxy) is 1. The Morgan fingerprint density at radius 2 is 2.20 bits per heavy atom. The van der Waals surface area contributed by atoms with Crippen LogP contribution in [0.15, 0.2) is 41.8 Å². The van der Waals surface area contributed by atoms with Gasteiger partial charge in [0, 0.05) is 31.2 Å². The van der Waals surface area contributed by atoms with Crippen molar-refractivity contribution < 1.29 is 9.53 Å². The standard InChI is InChI=1S/C19H25N3O2S/c1-14(2)15-5-7-16(8-6-15)22-10-9-20-19(22)25-13-18(23)21-12-17-4-3-11-24-17/h5-10,14,17H,3-4,11-13H2,1-2H3,(H,21,23)/t17-/m0/s1. The lowest BCUT2D eigenvalue weighted by atomic mass is 10.0. The van der Waals surface area contributed by atoms with Crippen molar-refractivity contribution in [3.05, 3.63) is 42.2 Å². The third kappa shape index (κ3) is 4.86. The number of benzene rings is 1. The highest BCUT2D eigenvalue weighted by Crippen LogP contribution is 2.22. The minimum absolute atomic E-state index is 0.0187. The van der Waals surface area contributed by atoms with Crippen LogP contribution < -0.4 is 5.32 Å². The van der Waals surface area contributed by atoms with E-state index in [4.69, 9.17) is 4.74 Å². The van der Waals surface area contributed by atoms with Gasteiger partial charge in [0.25, 0.3) is 0 Å². The Hall–Kier alpha value is -1.79. The maximum atomic E-state index is 12.0. The Bertz CT molecular complexity index is 691. The molecular weight excluding hydrogens is 334 g/mol. The maximum Gasteiger partial charge on any atom is 0.230 e. The molecule has 134 valence electrons. The molecule has 6 heteroatoms. The van der Waals surface area contributed by atoms with Crippen LogP contribution in [0.2, 0.25) is 0 Å². The van der Waals surface area contributed by atoms with Gasteiger partial charge in [0.1, 0.15) is 0 Å². The molecule has 1 amide bonds. The number of carbonyl (C=O) groups excluding carboxylic acids is 1. The Morgan fingerprint density at radius 1 is 1.40 bits per heavy atom. The molecule has 0 radical (unpaired) electrons. The van der Waals surface area contributed by atoms with E-state index in [-0.39, 0.29) is 12.0 Å². The Balaban J connectivity index is 1.55. The van der Waals surface area contributed by atoms with Crippen molar-refractivity contribution in [1.29, 1.82) is 0 Å². The number of hydrogen-bond acceptors (Lipinski definition) is 4. The SMILES string of the molecule is CC(C)c1ccc(-n2ccnc2SCC(=O)NC[C@@H]2CCCO2)cc1.